The van der Waals surface area contributed by atoms with Gasteiger partial charge in [0.05, 0.1) is 10.7 Å². The maximum absolute atomic E-state index is 12.5. The zero-order valence-corrected chi connectivity index (χ0v) is 18.3. The van der Waals surface area contributed by atoms with E-state index in [0.29, 0.717) is 23.8 Å². The maximum Gasteiger partial charge on any atom is 0.319 e. The average Bonchev–Trinajstić information content (AvgIpc) is 3.34. The molecule has 0 aliphatic carbocycles. The molecule has 2 N–H and O–H groups in total. The number of benzene rings is 2. The van der Waals surface area contributed by atoms with Gasteiger partial charge in [0.1, 0.15) is 0 Å². The second-order valence-electron chi connectivity index (χ2n) is 7.45. The molecule has 0 spiro atoms. The number of nitrogens with zero attached hydrogens (tertiary/aromatic N) is 4. The molecule has 0 radical (unpaired) electrons. The summed E-state index contributed by atoms with van der Waals surface area (Å²) in [6, 6.07) is 16.8. The first-order valence-corrected chi connectivity index (χ1v) is 10.9. The lowest BCUT2D eigenvalue weighted by Gasteiger charge is -2.36. The largest absolute Gasteiger partial charge is 0.368 e. The predicted octanol–water partition coefficient (Wildman–Crippen LogP) is 3.39. The number of rotatable bonds is 6. The zero-order chi connectivity index (χ0) is 22.3. The van der Waals surface area contributed by atoms with E-state index in [-0.39, 0.29) is 24.9 Å². The minimum absolute atomic E-state index is 0.0460. The molecule has 32 heavy (non-hydrogen) atoms. The molecule has 0 unspecified atom stereocenters. The van der Waals surface area contributed by atoms with Gasteiger partial charge >= 0.3 is 6.03 Å². The Morgan fingerprint density at radius 3 is 2.47 bits per heavy atom. The highest BCUT2D eigenvalue weighted by Gasteiger charge is 2.21. The van der Waals surface area contributed by atoms with E-state index in [0.717, 1.165) is 18.8 Å². The fourth-order valence-electron chi connectivity index (χ4n) is 3.65. The number of halogens is 1. The minimum Gasteiger partial charge on any atom is -0.368 e. The molecule has 1 aromatic heterocycles. The second-order valence-corrected chi connectivity index (χ2v) is 7.86. The molecule has 1 saturated heterocycles. The van der Waals surface area contributed by atoms with Crippen molar-refractivity contribution in [3.05, 3.63) is 72.0 Å². The Morgan fingerprint density at radius 1 is 1.00 bits per heavy atom. The molecule has 4 rings (SSSR count). The molecule has 0 atom stereocenters. The number of urea groups is 1. The molecule has 8 nitrogen and oxygen atoms in total. The van der Waals surface area contributed by atoms with Gasteiger partial charge < -0.3 is 20.4 Å². The summed E-state index contributed by atoms with van der Waals surface area (Å²) in [5, 5.41) is 10.1. The van der Waals surface area contributed by atoms with Crippen LogP contribution in [0.3, 0.4) is 0 Å². The number of carbonyl (C=O) groups excluding carboxylic acids is 2. The fourth-order valence-corrected chi connectivity index (χ4v) is 3.92. The van der Waals surface area contributed by atoms with Crippen LogP contribution in [0.1, 0.15) is 6.42 Å². The molecule has 9 heteroatoms. The third kappa shape index (κ3) is 5.39. The normalized spacial score (nSPS) is 13.7. The number of nitrogens with one attached hydrogen (secondary N) is 2. The molecule has 1 fully saturated rings. The van der Waals surface area contributed by atoms with E-state index in [9.17, 15) is 9.59 Å². The lowest BCUT2D eigenvalue weighted by Crippen LogP contribution is -2.49. The molecule has 1 aliphatic heterocycles. The molecule has 0 saturated carbocycles. The van der Waals surface area contributed by atoms with Crippen molar-refractivity contribution >= 4 is 34.9 Å². The van der Waals surface area contributed by atoms with Crippen molar-refractivity contribution in [1.82, 2.24) is 20.0 Å². The van der Waals surface area contributed by atoms with Gasteiger partial charge in [-0.1, -0.05) is 29.8 Å². The highest BCUT2D eigenvalue weighted by atomic mass is 35.5. The number of anilines is 2. The smallest absolute Gasteiger partial charge is 0.319 e. The average molecular weight is 453 g/mol. The molecule has 0 bridgehead atoms. The molecule has 3 aromatic rings. The van der Waals surface area contributed by atoms with Gasteiger partial charge in [0.2, 0.25) is 5.91 Å². The molecule has 1 aliphatic rings. The quantitative estimate of drug-likeness (QED) is 0.600. The lowest BCUT2D eigenvalue weighted by molar-refractivity contribution is -0.131. The molecule has 166 valence electrons. The first kappa shape index (κ1) is 21.7. The Labute approximate surface area is 191 Å². The summed E-state index contributed by atoms with van der Waals surface area (Å²) in [7, 11) is 0. The Morgan fingerprint density at radius 2 is 1.78 bits per heavy atom. The van der Waals surface area contributed by atoms with E-state index >= 15 is 0 Å². The third-order valence-corrected chi connectivity index (χ3v) is 5.64. The summed E-state index contributed by atoms with van der Waals surface area (Å²) in [4.78, 5) is 28.8. The van der Waals surface area contributed by atoms with Crippen LogP contribution in [0.4, 0.5) is 16.2 Å². The number of para-hydroxylation sites is 1. The first-order valence-electron chi connectivity index (χ1n) is 10.5. The summed E-state index contributed by atoms with van der Waals surface area (Å²) in [6.07, 6.45) is 3.72. The van der Waals surface area contributed by atoms with Crippen molar-refractivity contribution in [1.29, 1.82) is 0 Å². The van der Waals surface area contributed by atoms with Crippen LogP contribution >= 0.6 is 11.6 Å². The topological polar surface area (TPSA) is 82.5 Å². The highest BCUT2D eigenvalue weighted by molar-refractivity contribution is 6.32. The number of hydrogen-bond donors (Lipinski definition) is 2. The SMILES string of the molecule is O=C(NCCC(=O)N1CCN(c2ccccc2)CC1)Nc1ccc(-n2cccn2)c(Cl)c1. The van der Waals surface area contributed by atoms with Gasteiger partial charge in [-0.05, 0) is 36.4 Å². The van der Waals surface area contributed by atoms with Crippen LogP contribution in [0.15, 0.2) is 67.0 Å². The van der Waals surface area contributed by atoms with E-state index in [4.69, 9.17) is 11.6 Å². The Hall–Kier alpha value is -3.52. The standard InChI is InChI=1S/C23H25ClN6O2/c24-20-17-18(7-8-21(20)30-12-4-10-26-30)27-23(32)25-11-9-22(31)29-15-13-28(14-16-29)19-5-2-1-3-6-19/h1-8,10,12,17H,9,11,13-16H2,(H2,25,27,32). The zero-order valence-electron chi connectivity index (χ0n) is 17.6. The van der Waals surface area contributed by atoms with E-state index in [1.54, 1.807) is 41.3 Å². The van der Waals surface area contributed by atoms with Gasteiger partial charge in [-0.25, -0.2) is 9.48 Å². The van der Waals surface area contributed by atoms with Gasteiger partial charge in [0, 0.05) is 62.9 Å². The Kier molecular flexibility index (Phi) is 6.91. The summed E-state index contributed by atoms with van der Waals surface area (Å²) in [5.74, 6) is 0.0460. The Balaban J connectivity index is 1.19. The minimum atomic E-state index is -0.380. The van der Waals surface area contributed by atoms with Crippen LogP contribution < -0.4 is 15.5 Å². The molecule has 3 amide bonds. The van der Waals surface area contributed by atoms with Crippen LogP contribution in [0.5, 0.6) is 0 Å². The summed E-state index contributed by atoms with van der Waals surface area (Å²) < 4.78 is 1.65. The van der Waals surface area contributed by atoms with Crippen molar-refractivity contribution in [2.24, 2.45) is 0 Å². The van der Waals surface area contributed by atoms with Crippen LogP contribution in [-0.2, 0) is 4.79 Å². The van der Waals surface area contributed by atoms with Gasteiger partial charge in [0.25, 0.3) is 0 Å². The van der Waals surface area contributed by atoms with Crippen LogP contribution in [0, 0.1) is 0 Å². The number of aromatic nitrogens is 2. The van der Waals surface area contributed by atoms with E-state index in [1.165, 1.54) is 5.69 Å². The van der Waals surface area contributed by atoms with Crippen LogP contribution in [0.25, 0.3) is 5.69 Å². The van der Waals surface area contributed by atoms with Gasteiger partial charge in [-0.3, -0.25) is 4.79 Å². The van der Waals surface area contributed by atoms with Crippen LogP contribution in [-0.4, -0.2) is 59.3 Å². The van der Waals surface area contributed by atoms with E-state index in [1.807, 2.05) is 23.1 Å². The third-order valence-electron chi connectivity index (χ3n) is 5.33. The molecular formula is C23H25ClN6O2. The van der Waals surface area contributed by atoms with Crippen LogP contribution in [0.2, 0.25) is 5.02 Å². The molecule has 2 aromatic carbocycles. The summed E-state index contributed by atoms with van der Waals surface area (Å²) in [6.45, 7) is 3.24. The second kappa shape index (κ2) is 10.2. The molecular weight excluding hydrogens is 428 g/mol. The van der Waals surface area contributed by atoms with E-state index < -0.39 is 0 Å². The van der Waals surface area contributed by atoms with Gasteiger partial charge in [-0.15, -0.1) is 0 Å². The summed E-state index contributed by atoms with van der Waals surface area (Å²) >= 11 is 6.30. The van der Waals surface area contributed by atoms with Gasteiger partial charge in [0.15, 0.2) is 0 Å². The Bertz CT molecular complexity index is 1050. The predicted molar refractivity (Wildman–Crippen MR) is 125 cm³/mol. The van der Waals surface area contributed by atoms with Crippen molar-refractivity contribution in [2.45, 2.75) is 6.42 Å². The van der Waals surface area contributed by atoms with E-state index in [2.05, 4.69) is 32.8 Å². The first-order chi connectivity index (χ1) is 15.6. The van der Waals surface area contributed by atoms with Crippen molar-refractivity contribution in [3.63, 3.8) is 0 Å². The molecule has 2 heterocycles. The van der Waals surface area contributed by atoms with Crippen molar-refractivity contribution < 1.29 is 9.59 Å². The number of carbonyl (C=O) groups is 2. The van der Waals surface area contributed by atoms with Crippen molar-refractivity contribution in [2.75, 3.05) is 42.9 Å². The lowest BCUT2D eigenvalue weighted by atomic mass is 10.2. The van der Waals surface area contributed by atoms with Gasteiger partial charge in [-0.2, -0.15) is 5.10 Å². The number of piperazine rings is 1. The van der Waals surface area contributed by atoms with Crippen molar-refractivity contribution in [3.8, 4) is 5.69 Å². The monoisotopic (exact) mass is 452 g/mol. The summed E-state index contributed by atoms with van der Waals surface area (Å²) in [5.41, 5.74) is 2.46. The number of hydrogen-bond acceptors (Lipinski definition) is 4. The highest BCUT2D eigenvalue weighted by Crippen LogP contribution is 2.23. The fraction of sp³-hybridized carbons (Fsp3) is 0.261. The number of amides is 3. The maximum atomic E-state index is 12.5.